The number of rotatable bonds is 2. The number of aromatic nitrogens is 2. The Hall–Kier alpha value is -2.22. The lowest BCUT2D eigenvalue weighted by Gasteiger charge is -2.48. The number of amides is 1. The van der Waals surface area contributed by atoms with Gasteiger partial charge in [0.05, 0.1) is 38.5 Å². The van der Waals surface area contributed by atoms with Gasteiger partial charge in [-0.15, -0.1) is 0 Å². The highest BCUT2D eigenvalue weighted by molar-refractivity contribution is 5.94. The summed E-state index contributed by atoms with van der Waals surface area (Å²) in [6.45, 7) is 4.75. The molecule has 0 bridgehead atoms. The molecule has 2 saturated heterocycles. The van der Waals surface area contributed by atoms with Gasteiger partial charge < -0.3 is 14.4 Å². The molecule has 0 radical (unpaired) electrons. The number of H-pyrrole nitrogens is 1. The zero-order chi connectivity index (χ0) is 18.2. The Kier molecular flexibility index (Phi) is 4.43. The van der Waals surface area contributed by atoms with E-state index in [-0.39, 0.29) is 18.0 Å². The van der Waals surface area contributed by atoms with Gasteiger partial charge in [0.25, 0.3) is 5.91 Å². The molecule has 1 N–H and O–H groups in total. The number of piperazine rings is 1. The second-order valence-corrected chi connectivity index (χ2v) is 7.44. The van der Waals surface area contributed by atoms with Crippen LogP contribution in [0.25, 0.3) is 0 Å². The van der Waals surface area contributed by atoms with E-state index in [0.29, 0.717) is 45.2 Å². The lowest BCUT2D eigenvalue weighted by molar-refractivity contribution is -0.0771. The predicted octanol–water partition coefficient (Wildman–Crippen LogP) is 1.38. The lowest BCUT2D eigenvalue weighted by Crippen LogP contribution is -2.60. The van der Waals surface area contributed by atoms with Gasteiger partial charge in [-0.3, -0.25) is 14.8 Å². The third-order valence-corrected chi connectivity index (χ3v) is 5.88. The Morgan fingerprint density at radius 3 is 2.93 bits per heavy atom. The van der Waals surface area contributed by atoms with E-state index in [1.54, 1.807) is 0 Å². The highest BCUT2D eigenvalue weighted by atomic mass is 16.5. The second-order valence-electron chi connectivity index (χ2n) is 7.44. The Labute approximate surface area is 158 Å². The fourth-order valence-corrected chi connectivity index (χ4v) is 4.43. The van der Waals surface area contributed by atoms with Crippen molar-refractivity contribution >= 4 is 5.91 Å². The van der Waals surface area contributed by atoms with Crippen LogP contribution >= 0.6 is 0 Å². The molecular formula is C20H24N4O3. The highest BCUT2D eigenvalue weighted by Gasteiger charge is 2.38. The molecule has 2 aromatic rings. The van der Waals surface area contributed by atoms with Crippen LogP contribution in [-0.2, 0) is 22.5 Å². The molecule has 1 amide bonds. The molecule has 0 saturated carbocycles. The first-order chi connectivity index (χ1) is 13.3. The van der Waals surface area contributed by atoms with Gasteiger partial charge in [0.15, 0.2) is 5.69 Å². The topological polar surface area (TPSA) is 70.7 Å². The van der Waals surface area contributed by atoms with Crippen molar-refractivity contribution in [3.05, 3.63) is 52.8 Å². The van der Waals surface area contributed by atoms with E-state index >= 15 is 0 Å². The molecule has 7 heteroatoms. The maximum absolute atomic E-state index is 13.1. The largest absolute Gasteiger partial charge is 0.378 e. The molecule has 1 aromatic heterocycles. The maximum atomic E-state index is 13.1. The number of carbonyl (C=O) groups excluding carboxylic acids is 1. The van der Waals surface area contributed by atoms with Crippen molar-refractivity contribution in [2.75, 3.05) is 39.5 Å². The van der Waals surface area contributed by atoms with E-state index in [1.807, 2.05) is 11.0 Å². The number of aromatic amines is 1. The third-order valence-electron chi connectivity index (χ3n) is 5.88. The number of nitrogens with one attached hydrogen (secondary N) is 1. The molecule has 2 fully saturated rings. The minimum absolute atomic E-state index is 0.000477. The van der Waals surface area contributed by atoms with Gasteiger partial charge in [0, 0.05) is 37.3 Å². The van der Waals surface area contributed by atoms with E-state index in [1.165, 1.54) is 5.56 Å². The average molecular weight is 368 g/mol. The van der Waals surface area contributed by atoms with Gasteiger partial charge >= 0.3 is 0 Å². The zero-order valence-electron chi connectivity index (χ0n) is 15.3. The number of carbonyl (C=O) groups is 1. The van der Waals surface area contributed by atoms with E-state index in [2.05, 4.69) is 39.4 Å². The number of nitrogens with zero attached hydrogens (tertiary/aromatic N) is 3. The predicted molar refractivity (Wildman–Crippen MR) is 98.3 cm³/mol. The molecule has 5 rings (SSSR count). The van der Waals surface area contributed by atoms with E-state index in [0.717, 1.165) is 24.2 Å². The molecule has 3 aliphatic heterocycles. The van der Waals surface area contributed by atoms with Crippen LogP contribution in [0.1, 0.15) is 33.4 Å². The Morgan fingerprint density at radius 2 is 2.04 bits per heavy atom. The summed E-state index contributed by atoms with van der Waals surface area (Å²) in [4.78, 5) is 17.5. The molecule has 2 atom stereocenters. The highest BCUT2D eigenvalue weighted by Crippen LogP contribution is 2.30. The summed E-state index contributed by atoms with van der Waals surface area (Å²) in [6.07, 6.45) is 0.790. The van der Waals surface area contributed by atoms with Crippen molar-refractivity contribution in [1.82, 2.24) is 20.0 Å². The van der Waals surface area contributed by atoms with Crippen molar-refractivity contribution in [2.24, 2.45) is 0 Å². The molecule has 1 aromatic carbocycles. The van der Waals surface area contributed by atoms with Gasteiger partial charge in [0.2, 0.25) is 0 Å². The Bertz CT molecular complexity index is 822. The first kappa shape index (κ1) is 16.9. The SMILES string of the molecule is O=C(c1n[nH]c2c1COCC2)N1CCN2[C@@H](COC[C@@H]2c2ccccc2)C1. The molecule has 0 spiro atoms. The van der Waals surface area contributed by atoms with Gasteiger partial charge in [-0.25, -0.2) is 0 Å². The van der Waals surface area contributed by atoms with Crippen LogP contribution in [0.3, 0.4) is 0 Å². The molecule has 0 unspecified atom stereocenters. The van der Waals surface area contributed by atoms with Crippen molar-refractivity contribution < 1.29 is 14.3 Å². The minimum Gasteiger partial charge on any atom is -0.378 e. The summed E-state index contributed by atoms with van der Waals surface area (Å²) in [6, 6.07) is 11.0. The van der Waals surface area contributed by atoms with Gasteiger partial charge in [0.1, 0.15) is 0 Å². The number of hydrogen-bond acceptors (Lipinski definition) is 5. The molecule has 0 aliphatic carbocycles. The maximum Gasteiger partial charge on any atom is 0.274 e. The van der Waals surface area contributed by atoms with Crippen LogP contribution in [0, 0.1) is 0 Å². The number of ether oxygens (including phenoxy) is 2. The third kappa shape index (κ3) is 3.05. The monoisotopic (exact) mass is 368 g/mol. The molecule has 4 heterocycles. The quantitative estimate of drug-likeness (QED) is 0.867. The van der Waals surface area contributed by atoms with Crippen molar-refractivity contribution in [3.63, 3.8) is 0 Å². The first-order valence-electron chi connectivity index (χ1n) is 9.63. The van der Waals surface area contributed by atoms with Gasteiger partial charge in [-0.2, -0.15) is 5.10 Å². The summed E-state index contributed by atoms with van der Waals surface area (Å²) in [5, 5.41) is 7.32. The van der Waals surface area contributed by atoms with E-state index in [9.17, 15) is 4.79 Å². The molecule has 3 aliphatic rings. The molecular weight excluding hydrogens is 344 g/mol. The smallest absolute Gasteiger partial charge is 0.274 e. The standard InChI is InChI=1S/C20H24N4O3/c25-20(19-16-12-26-9-6-17(16)21-22-19)23-7-8-24-15(10-23)11-27-13-18(24)14-4-2-1-3-5-14/h1-5,15,18H,6-13H2,(H,21,22)/t15-,18-/m1/s1. The summed E-state index contributed by atoms with van der Waals surface area (Å²) < 4.78 is 11.4. The fourth-order valence-electron chi connectivity index (χ4n) is 4.43. The molecule has 7 nitrogen and oxygen atoms in total. The van der Waals surface area contributed by atoms with Gasteiger partial charge in [-0.1, -0.05) is 30.3 Å². The summed E-state index contributed by atoms with van der Waals surface area (Å²) in [5.41, 5.74) is 3.76. The van der Waals surface area contributed by atoms with E-state index < -0.39 is 0 Å². The second kappa shape index (κ2) is 7.07. The van der Waals surface area contributed by atoms with Crippen LogP contribution in [0.4, 0.5) is 0 Å². The van der Waals surface area contributed by atoms with Crippen LogP contribution in [0.15, 0.2) is 30.3 Å². The van der Waals surface area contributed by atoms with Crippen molar-refractivity contribution in [3.8, 4) is 0 Å². The lowest BCUT2D eigenvalue weighted by atomic mass is 10.00. The Balaban J connectivity index is 1.32. The van der Waals surface area contributed by atoms with Crippen LogP contribution in [0.2, 0.25) is 0 Å². The van der Waals surface area contributed by atoms with Crippen LogP contribution in [-0.4, -0.2) is 71.4 Å². The average Bonchev–Trinajstić information content (AvgIpc) is 3.17. The van der Waals surface area contributed by atoms with Crippen LogP contribution < -0.4 is 0 Å². The van der Waals surface area contributed by atoms with Crippen molar-refractivity contribution in [2.45, 2.75) is 25.1 Å². The summed E-state index contributed by atoms with van der Waals surface area (Å²) in [5.74, 6) is -0.000477. The summed E-state index contributed by atoms with van der Waals surface area (Å²) >= 11 is 0. The zero-order valence-corrected chi connectivity index (χ0v) is 15.3. The van der Waals surface area contributed by atoms with Crippen LogP contribution in [0.5, 0.6) is 0 Å². The van der Waals surface area contributed by atoms with E-state index in [4.69, 9.17) is 9.47 Å². The number of hydrogen-bond donors (Lipinski definition) is 1. The fraction of sp³-hybridized carbons (Fsp3) is 0.500. The van der Waals surface area contributed by atoms with Crippen molar-refractivity contribution in [1.29, 1.82) is 0 Å². The molecule has 142 valence electrons. The summed E-state index contributed by atoms with van der Waals surface area (Å²) in [7, 11) is 0. The number of fused-ring (bicyclic) bond motifs is 2. The van der Waals surface area contributed by atoms with Gasteiger partial charge in [-0.05, 0) is 5.56 Å². The number of morpholine rings is 1. The Morgan fingerprint density at radius 1 is 1.15 bits per heavy atom. The number of benzene rings is 1. The first-order valence-corrected chi connectivity index (χ1v) is 9.63. The normalized spacial score (nSPS) is 25.7. The minimum atomic E-state index is -0.000477. The molecule has 27 heavy (non-hydrogen) atoms.